The van der Waals surface area contributed by atoms with Crippen LogP contribution in [-0.2, 0) is 11.8 Å². The third-order valence-corrected chi connectivity index (χ3v) is 4.03. The summed E-state index contributed by atoms with van der Waals surface area (Å²) in [5.41, 5.74) is 7.00. The summed E-state index contributed by atoms with van der Waals surface area (Å²) >= 11 is 0. The van der Waals surface area contributed by atoms with Gasteiger partial charge in [-0.2, -0.15) is 5.10 Å². The number of nitrogens with two attached hydrogens (primary N) is 1. The topological polar surface area (TPSA) is 121 Å². The van der Waals surface area contributed by atoms with E-state index in [1.807, 2.05) is 13.8 Å². The van der Waals surface area contributed by atoms with Gasteiger partial charge in [0.1, 0.15) is 17.2 Å². The monoisotopic (exact) mass is 355 g/mol. The number of rotatable bonds is 5. The van der Waals surface area contributed by atoms with Gasteiger partial charge < -0.3 is 15.6 Å². The largest absolute Gasteiger partial charge is 0.368 e. The van der Waals surface area contributed by atoms with Crippen molar-refractivity contribution < 1.29 is 4.79 Å². The van der Waals surface area contributed by atoms with E-state index in [1.165, 1.54) is 15.6 Å². The molecule has 0 saturated carbocycles. The number of fused-ring (bicyclic) bond motifs is 1. The van der Waals surface area contributed by atoms with E-state index in [1.54, 1.807) is 32.4 Å². The molecule has 3 rings (SSSR count). The highest BCUT2D eigenvalue weighted by Gasteiger charge is 2.17. The van der Waals surface area contributed by atoms with Crippen LogP contribution in [0.5, 0.6) is 0 Å². The lowest BCUT2D eigenvalue weighted by atomic mass is 10.1. The van der Waals surface area contributed by atoms with Crippen molar-refractivity contribution in [2.45, 2.75) is 32.9 Å². The Morgan fingerprint density at radius 1 is 1.31 bits per heavy atom. The summed E-state index contributed by atoms with van der Waals surface area (Å²) in [5.74, 6) is -0.00431. The molecule has 0 aliphatic rings. The molecule has 136 valence electrons. The molecule has 1 atom stereocenters. The average molecular weight is 355 g/mol. The molecule has 3 heterocycles. The summed E-state index contributed by atoms with van der Waals surface area (Å²) in [7, 11) is 1.65. The third kappa shape index (κ3) is 3.15. The van der Waals surface area contributed by atoms with Crippen LogP contribution in [0.2, 0.25) is 0 Å². The Morgan fingerprint density at radius 2 is 2.04 bits per heavy atom. The Hall–Kier alpha value is -3.23. The molecule has 0 saturated heterocycles. The Labute approximate surface area is 149 Å². The predicted octanol–water partition coefficient (Wildman–Crippen LogP) is 1.06. The number of nitrogens with one attached hydrogen (secondary N) is 1. The van der Waals surface area contributed by atoms with Crippen LogP contribution >= 0.6 is 0 Å². The molecule has 3 aromatic heterocycles. The summed E-state index contributed by atoms with van der Waals surface area (Å²) in [4.78, 5) is 32.8. The number of hydrogen-bond donors (Lipinski definition) is 2. The number of carbonyl (C=O) groups is 1. The third-order valence-electron chi connectivity index (χ3n) is 4.03. The molecule has 0 spiro atoms. The zero-order valence-corrected chi connectivity index (χ0v) is 15.1. The van der Waals surface area contributed by atoms with Gasteiger partial charge in [0, 0.05) is 24.8 Å². The number of amides is 1. The van der Waals surface area contributed by atoms with Crippen molar-refractivity contribution in [3.63, 3.8) is 0 Å². The minimum atomic E-state index is -0.567. The molecule has 1 unspecified atom stereocenters. The molecule has 0 aliphatic carbocycles. The van der Waals surface area contributed by atoms with Crippen molar-refractivity contribution in [3.05, 3.63) is 35.1 Å². The highest BCUT2D eigenvalue weighted by atomic mass is 16.1. The number of pyridine rings is 1. The molecule has 26 heavy (non-hydrogen) atoms. The van der Waals surface area contributed by atoms with Gasteiger partial charge in [-0.15, -0.1) is 0 Å². The van der Waals surface area contributed by atoms with Gasteiger partial charge in [0.15, 0.2) is 0 Å². The molecular formula is C17H21N7O2. The molecular weight excluding hydrogens is 334 g/mol. The van der Waals surface area contributed by atoms with Crippen molar-refractivity contribution in [2.24, 2.45) is 12.8 Å². The van der Waals surface area contributed by atoms with Gasteiger partial charge in [-0.1, -0.05) is 0 Å². The zero-order chi connectivity index (χ0) is 19.0. The molecule has 0 radical (unpaired) electrons. The van der Waals surface area contributed by atoms with Crippen molar-refractivity contribution >= 4 is 22.6 Å². The van der Waals surface area contributed by atoms with Gasteiger partial charge in [-0.05, 0) is 26.8 Å². The second-order valence-electron chi connectivity index (χ2n) is 6.50. The van der Waals surface area contributed by atoms with E-state index in [9.17, 15) is 9.59 Å². The first-order chi connectivity index (χ1) is 12.3. The fourth-order valence-electron chi connectivity index (χ4n) is 2.56. The average Bonchev–Trinajstić information content (AvgIpc) is 3.06. The van der Waals surface area contributed by atoms with Gasteiger partial charge in [-0.3, -0.25) is 14.3 Å². The Morgan fingerprint density at radius 3 is 2.69 bits per heavy atom. The smallest absolute Gasteiger partial charge is 0.264 e. The lowest BCUT2D eigenvalue weighted by Gasteiger charge is -2.13. The summed E-state index contributed by atoms with van der Waals surface area (Å²) < 4.78 is 2.90. The standard InChI is InChI=1S/C17H21N7O2/c1-9(2)21-16-14-13(19-8-23(4)17(14)26)5-12(22-16)11-6-20-24(7-11)10(3)15(18)25/h5-10H,1-4H3,(H2,18,25)(H,21,22). The van der Waals surface area contributed by atoms with Crippen LogP contribution in [0.4, 0.5) is 5.82 Å². The second kappa shape index (κ2) is 6.58. The number of aryl methyl sites for hydroxylation is 1. The highest BCUT2D eigenvalue weighted by Crippen LogP contribution is 2.25. The van der Waals surface area contributed by atoms with Crippen LogP contribution in [0.3, 0.4) is 0 Å². The van der Waals surface area contributed by atoms with Gasteiger partial charge in [0.25, 0.3) is 5.56 Å². The Balaban J connectivity index is 2.17. The Kier molecular flexibility index (Phi) is 4.45. The first-order valence-electron chi connectivity index (χ1n) is 8.24. The predicted molar refractivity (Wildman–Crippen MR) is 98.7 cm³/mol. The van der Waals surface area contributed by atoms with E-state index in [0.717, 1.165) is 0 Å². The second-order valence-corrected chi connectivity index (χ2v) is 6.50. The van der Waals surface area contributed by atoms with Gasteiger partial charge >= 0.3 is 0 Å². The summed E-state index contributed by atoms with van der Waals surface area (Å²) in [6.45, 7) is 5.60. The maximum atomic E-state index is 12.5. The fourth-order valence-corrected chi connectivity index (χ4v) is 2.56. The number of hydrogen-bond acceptors (Lipinski definition) is 6. The van der Waals surface area contributed by atoms with Gasteiger partial charge in [0.2, 0.25) is 5.91 Å². The molecule has 3 N–H and O–H groups in total. The number of carbonyl (C=O) groups excluding carboxylic acids is 1. The SMILES string of the molecule is CC(C)Nc1nc(-c2cnn(C(C)C(N)=O)c2)cc2ncn(C)c(=O)c12. The number of primary amides is 1. The quantitative estimate of drug-likeness (QED) is 0.706. The normalized spacial score (nSPS) is 12.5. The molecule has 0 aromatic carbocycles. The number of anilines is 1. The number of aromatic nitrogens is 5. The zero-order valence-electron chi connectivity index (χ0n) is 15.1. The lowest BCUT2D eigenvalue weighted by Crippen LogP contribution is -2.24. The van der Waals surface area contributed by atoms with Crippen LogP contribution in [0.15, 0.2) is 29.6 Å². The molecule has 9 heteroatoms. The van der Waals surface area contributed by atoms with Crippen LogP contribution in [0, 0.1) is 0 Å². The van der Waals surface area contributed by atoms with Gasteiger partial charge in [0.05, 0.1) is 23.7 Å². The summed E-state index contributed by atoms with van der Waals surface area (Å²) in [6, 6.07) is 1.25. The molecule has 9 nitrogen and oxygen atoms in total. The van der Waals surface area contributed by atoms with Crippen molar-refractivity contribution in [1.29, 1.82) is 0 Å². The summed E-state index contributed by atoms with van der Waals surface area (Å²) in [5, 5.41) is 7.83. The molecule has 1 amide bonds. The minimum Gasteiger partial charge on any atom is -0.368 e. The van der Waals surface area contributed by atoms with E-state index in [4.69, 9.17) is 5.73 Å². The molecule has 0 aliphatic heterocycles. The minimum absolute atomic E-state index is 0.0865. The number of nitrogens with zero attached hydrogens (tertiary/aromatic N) is 5. The van der Waals surface area contributed by atoms with Crippen molar-refractivity contribution in [2.75, 3.05) is 5.32 Å². The highest BCUT2D eigenvalue weighted by molar-refractivity contribution is 5.91. The first-order valence-corrected chi connectivity index (χ1v) is 8.24. The van der Waals surface area contributed by atoms with Gasteiger partial charge in [-0.25, -0.2) is 9.97 Å². The van der Waals surface area contributed by atoms with Crippen molar-refractivity contribution in [1.82, 2.24) is 24.3 Å². The van der Waals surface area contributed by atoms with Crippen LogP contribution in [0.25, 0.3) is 22.2 Å². The van der Waals surface area contributed by atoms with E-state index < -0.39 is 11.9 Å². The van der Waals surface area contributed by atoms with Crippen molar-refractivity contribution in [3.8, 4) is 11.3 Å². The van der Waals surface area contributed by atoms with Crippen LogP contribution in [0.1, 0.15) is 26.8 Å². The van der Waals surface area contributed by atoms with E-state index in [-0.39, 0.29) is 11.6 Å². The Bertz CT molecular complexity index is 1040. The molecule has 3 aromatic rings. The van der Waals surface area contributed by atoms with Crippen LogP contribution in [-0.4, -0.2) is 36.3 Å². The fraction of sp³-hybridized carbons (Fsp3) is 0.353. The van der Waals surface area contributed by atoms with E-state index in [0.29, 0.717) is 28.0 Å². The maximum Gasteiger partial charge on any atom is 0.264 e. The van der Waals surface area contributed by atoms with E-state index in [2.05, 4.69) is 20.4 Å². The van der Waals surface area contributed by atoms with Crippen LogP contribution < -0.4 is 16.6 Å². The molecule has 0 fully saturated rings. The first kappa shape index (κ1) is 17.6. The maximum absolute atomic E-state index is 12.5. The molecule has 0 bridgehead atoms. The summed E-state index contributed by atoms with van der Waals surface area (Å²) in [6.07, 6.45) is 4.78. The van der Waals surface area contributed by atoms with E-state index >= 15 is 0 Å². The lowest BCUT2D eigenvalue weighted by molar-refractivity contribution is -0.120.